The van der Waals surface area contributed by atoms with Crippen LogP contribution in [0.5, 0.6) is 0 Å². The Morgan fingerprint density at radius 3 is 2.72 bits per heavy atom. The van der Waals surface area contributed by atoms with E-state index in [1.807, 2.05) is 6.92 Å². The van der Waals surface area contributed by atoms with E-state index < -0.39 is 0 Å². The number of nitrogens with two attached hydrogens (primary N) is 1. The number of likely N-dealkylation sites (tertiary alicyclic amines) is 1. The summed E-state index contributed by atoms with van der Waals surface area (Å²) in [5.74, 6) is -0.526. The van der Waals surface area contributed by atoms with Crippen LogP contribution in [0.4, 0.5) is 0 Å². The summed E-state index contributed by atoms with van der Waals surface area (Å²) in [5, 5.41) is 0. The fourth-order valence-corrected chi connectivity index (χ4v) is 2.50. The van der Waals surface area contributed by atoms with Crippen molar-refractivity contribution in [3.8, 4) is 0 Å². The number of furan rings is 1. The van der Waals surface area contributed by atoms with Gasteiger partial charge >= 0.3 is 0 Å². The second-order valence-corrected chi connectivity index (χ2v) is 5.37. The number of carbonyl (C=O) groups excluding carboxylic acids is 2. The first-order chi connectivity index (χ1) is 8.49. The van der Waals surface area contributed by atoms with E-state index >= 15 is 0 Å². The zero-order valence-corrected chi connectivity index (χ0v) is 11.6. The van der Waals surface area contributed by atoms with Crippen molar-refractivity contribution in [1.29, 1.82) is 0 Å². The van der Waals surface area contributed by atoms with Gasteiger partial charge in [-0.3, -0.25) is 9.59 Å². The number of carbonyl (C=O) groups is 2. The van der Waals surface area contributed by atoms with Gasteiger partial charge in [0.25, 0.3) is 5.91 Å². The van der Waals surface area contributed by atoms with E-state index in [2.05, 4.69) is 15.9 Å². The molecule has 1 aromatic heterocycles. The van der Waals surface area contributed by atoms with Crippen molar-refractivity contribution in [3.63, 3.8) is 0 Å². The van der Waals surface area contributed by atoms with Crippen molar-refractivity contribution in [3.05, 3.63) is 22.6 Å². The summed E-state index contributed by atoms with van der Waals surface area (Å²) in [6, 6.07) is 3.39. The van der Waals surface area contributed by atoms with Crippen molar-refractivity contribution >= 4 is 27.7 Å². The average Bonchev–Trinajstić information content (AvgIpc) is 2.75. The predicted octanol–water partition coefficient (Wildman–Crippen LogP) is 1.77. The molecular weight excluding hydrogens is 300 g/mol. The van der Waals surface area contributed by atoms with Crippen molar-refractivity contribution in [2.24, 2.45) is 11.7 Å². The maximum Gasteiger partial charge on any atom is 0.289 e. The molecule has 0 aromatic carbocycles. The van der Waals surface area contributed by atoms with Gasteiger partial charge in [0, 0.05) is 12.6 Å². The molecule has 2 heterocycles. The fraction of sp³-hybridized carbons (Fsp3) is 0.500. The molecule has 18 heavy (non-hydrogen) atoms. The van der Waals surface area contributed by atoms with Crippen molar-refractivity contribution < 1.29 is 14.0 Å². The standard InChI is InChI=1S/C12H15BrN2O3/c1-7-2-3-8(11(14)16)6-15(7)12(17)9-4-5-10(13)18-9/h4-5,7-8H,2-3,6H2,1H3,(H2,14,16)/t7-,8+/m1/s1. The van der Waals surface area contributed by atoms with E-state index in [-0.39, 0.29) is 29.5 Å². The maximum absolute atomic E-state index is 12.3. The Kier molecular flexibility index (Phi) is 3.75. The number of hydrogen-bond donors (Lipinski definition) is 1. The lowest BCUT2D eigenvalue weighted by Gasteiger charge is -2.36. The molecule has 0 spiro atoms. The summed E-state index contributed by atoms with van der Waals surface area (Å²) in [7, 11) is 0. The zero-order chi connectivity index (χ0) is 13.3. The first-order valence-electron chi connectivity index (χ1n) is 5.84. The van der Waals surface area contributed by atoms with Gasteiger partial charge < -0.3 is 15.1 Å². The lowest BCUT2D eigenvalue weighted by Crippen LogP contribution is -2.48. The Labute approximate surface area is 113 Å². The number of piperidine rings is 1. The third-order valence-electron chi connectivity index (χ3n) is 3.33. The molecule has 0 saturated carbocycles. The van der Waals surface area contributed by atoms with Gasteiger partial charge in [-0.05, 0) is 47.8 Å². The third-order valence-corrected chi connectivity index (χ3v) is 3.76. The van der Waals surface area contributed by atoms with Crippen LogP contribution in [0, 0.1) is 5.92 Å². The molecule has 0 aliphatic carbocycles. The van der Waals surface area contributed by atoms with Crippen LogP contribution < -0.4 is 5.73 Å². The highest BCUT2D eigenvalue weighted by Crippen LogP contribution is 2.24. The van der Waals surface area contributed by atoms with E-state index in [0.717, 1.165) is 12.8 Å². The lowest BCUT2D eigenvalue weighted by atomic mass is 9.93. The molecular formula is C12H15BrN2O3. The van der Waals surface area contributed by atoms with Gasteiger partial charge in [-0.25, -0.2) is 0 Å². The molecule has 1 aliphatic heterocycles. The SMILES string of the molecule is C[C@@H]1CC[C@H](C(N)=O)CN1C(=O)c1ccc(Br)o1. The molecule has 2 rings (SSSR count). The molecule has 2 N–H and O–H groups in total. The Bertz CT molecular complexity index is 472. The number of halogens is 1. The first kappa shape index (κ1) is 13.1. The third kappa shape index (κ3) is 2.58. The monoisotopic (exact) mass is 314 g/mol. The van der Waals surface area contributed by atoms with Crippen molar-refractivity contribution in [2.75, 3.05) is 6.54 Å². The van der Waals surface area contributed by atoms with E-state index in [9.17, 15) is 9.59 Å². The van der Waals surface area contributed by atoms with Gasteiger partial charge in [0.2, 0.25) is 5.91 Å². The number of rotatable bonds is 2. The largest absolute Gasteiger partial charge is 0.444 e. The molecule has 1 saturated heterocycles. The molecule has 98 valence electrons. The van der Waals surface area contributed by atoms with Crippen LogP contribution in [-0.4, -0.2) is 29.3 Å². The van der Waals surface area contributed by atoms with Crippen LogP contribution >= 0.6 is 15.9 Å². The minimum Gasteiger partial charge on any atom is -0.444 e. The highest BCUT2D eigenvalue weighted by Gasteiger charge is 2.33. The van der Waals surface area contributed by atoms with Crippen LogP contribution in [0.25, 0.3) is 0 Å². The van der Waals surface area contributed by atoms with Gasteiger partial charge in [0.05, 0.1) is 5.92 Å². The quantitative estimate of drug-likeness (QED) is 0.903. The second kappa shape index (κ2) is 5.14. The van der Waals surface area contributed by atoms with Gasteiger partial charge in [-0.15, -0.1) is 0 Å². The summed E-state index contributed by atoms with van der Waals surface area (Å²) in [4.78, 5) is 25.1. The molecule has 5 nitrogen and oxygen atoms in total. The predicted molar refractivity (Wildman–Crippen MR) is 68.8 cm³/mol. The minimum absolute atomic E-state index is 0.0944. The van der Waals surface area contributed by atoms with Gasteiger partial charge in [-0.1, -0.05) is 0 Å². The maximum atomic E-state index is 12.3. The van der Waals surface area contributed by atoms with Gasteiger partial charge in [0.15, 0.2) is 10.4 Å². The Hall–Kier alpha value is -1.30. The molecule has 2 amide bonds. The number of hydrogen-bond acceptors (Lipinski definition) is 3. The van der Waals surface area contributed by atoms with E-state index in [1.165, 1.54) is 0 Å². The van der Waals surface area contributed by atoms with Crippen molar-refractivity contribution in [2.45, 2.75) is 25.8 Å². The molecule has 1 aromatic rings. The molecule has 0 radical (unpaired) electrons. The number of nitrogens with zero attached hydrogens (tertiary/aromatic N) is 1. The molecule has 2 atom stereocenters. The first-order valence-corrected chi connectivity index (χ1v) is 6.64. The summed E-state index contributed by atoms with van der Waals surface area (Å²) in [6.07, 6.45) is 1.52. The molecule has 1 aliphatic rings. The van der Waals surface area contributed by atoms with Crippen LogP contribution in [-0.2, 0) is 4.79 Å². The minimum atomic E-state index is -0.347. The Morgan fingerprint density at radius 1 is 1.44 bits per heavy atom. The highest BCUT2D eigenvalue weighted by molar-refractivity contribution is 9.10. The van der Waals surface area contributed by atoms with E-state index in [4.69, 9.17) is 10.2 Å². The Balaban J connectivity index is 2.15. The van der Waals surface area contributed by atoms with E-state index in [0.29, 0.717) is 11.2 Å². The lowest BCUT2D eigenvalue weighted by molar-refractivity contribution is -0.123. The highest BCUT2D eigenvalue weighted by atomic mass is 79.9. The zero-order valence-electron chi connectivity index (χ0n) is 10.1. The summed E-state index contributed by atoms with van der Waals surface area (Å²) in [6.45, 7) is 2.33. The normalized spacial score (nSPS) is 24.0. The number of amides is 2. The topological polar surface area (TPSA) is 76.5 Å². The van der Waals surface area contributed by atoms with Crippen molar-refractivity contribution in [1.82, 2.24) is 4.90 Å². The summed E-state index contributed by atoms with van der Waals surface area (Å²) < 4.78 is 5.77. The Morgan fingerprint density at radius 2 is 2.17 bits per heavy atom. The summed E-state index contributed by atoms with van der Waals surface area (Å²) in [5.41, 5.74) is 5.31. The van der Waals surface area contributed by atoms with E-state index in [1.54, 1.807) is 17.0 Å². The van der Waals surface area contributed by atoms with Crippen LogP contribution in [0.1, 0.15) is 30.3 Å². The van der Waals surface area contributed by atoms with Gasteiger partial charge in [0.1, 0.15) is 0 Å². The average molecular weight is 315 g/mol. The van der Waals surface area contributed by atoms with Crippen LogP contribution in [0.2, 0.25) is 0 Å². The molecule has 0 bridgehead atoms. The van der Waals surface area contributed by atoms with Gasteiger partial charge in [-0.2, -0.15) is 0 Å². The fourth-order valence-electron chi connectivity index (χ4n) is 2.19. The number of primary amides is 1. The second-order valence-electron chi connectivity index (χ2n) is 4.59. The molecule has 1 fully saturated rings. The molecule has 0 unspecified atom stereocenters. The summed E-state index contributed by atoms with van der Waals surface area (Å²) >= 11 is 3.16. The smallest absolute Gasteiger partial charge is 0.289 e. The molecule has 6 heteroatoms. The van der Waals surface area contributed by atoms with Crippen LogP contribution in [0.15, 0.2) is 21.2 Å². The van der Waals surface area contributed by atoms with Crippen LogP contribution in [0.3, 0.4) is 0 Å².